The third kappa shape index (κ3) is 6.00. The van der Waals surface area contributed by atoms with E-state index in [1.807, 2.05) is 0 Å². The molecule has 2 aliphatic rings. The van der Waals surface area contributed by atoms with Crippen LogP contribution < -0.4 is 10.6 Å². The molecule has 0 aliphatic carbocycles. The minimum Gasteiger partial charge on any atom is -0.396 e. The van der Waals surface area contributed by atoms with E-state index in [0.717, 1.165) is 11.1 Å². The fourth-order valence-electron chi connectivity index (χ4n) is 3.39. The summed E-state index contributed by atoms with van der Waals surface area (Å²) in [6, 6.07) is 6.09. The molecule has 4 heterocycles. The van der Waals surface area contributed by atoms with Crippen LogP contribution in [0.2, 0.25) is 10.3 Å². The van der Waals surface area contributed by atoms with Gasteiger partial charge in [0.05, 0.1) is 12.1 Å². The summed E-state index contributed by atoms with van der Waals surface area (Å²) in [7, 11) is 0. The third-order valence-electron chi connectivity index (χ3n) is 4.93. The number of aliphatic hydroxyl groups excluding tert-OH is 1. The molecule has 0 saturated carbocycles. The van der Waals surface area contributed by atoms with Gasteiger partial charge in [0, 0.05) is 37.0 Å². The average Bonchev–Trinajstić information content (AvgIpc) is 2.70. The Hall–Kier alpha value is -2.55. The lowest BCUT2D eigenvalue weighted by atomic mass is 9.96. The average molecular weight is 465 g/mol. The molecule has 0 saturated heterocycles. The summed E-state index contributed by atoms with van der Waals surface area (Å²) in [5.74, 6) is 1.35. The van der Waals surface area contributed by atoms with Gasteiger partial charge in [-0.3, -0.25) is 14.4 Å². The Balaban J connectivity index is 0.000000176. The van der Waals surface area contributed by atoms with Gasteiger partial charge in [0.15, 0.2) is 11.6 Å². The van der Waals surface area contributed by atoms with Crippen LogP contribution in [0.3, 0.4) is 0 Å². The number of halogens is 2. The van der Waals surface area contributed by atoms with Crippen molar-refractivity contribution >= 4 is 52.2 Å². The zero-order chi connectivity index (χ0) is 22.5. The molecular formula is C21H22Cl2N4O4. The van der Waals surface area contributed by atoms with E-state index in [0.29, 0.717) is 41.2 Å². The zero-order valence-electron chi connectivity index (χ0n) is 16.8. The maximum Gasteiger partial charge on any atom is 0.160 e. The van der Waals surface area contributed by atoms with Crippen LogP contribution in [0.15, 0.2) is 24.3 Å². The second-order valence-electron chi connectivity index (χ2n) is 7.38. The van der Waals surface area contributed by atoms with Gasteiger partial charge in [-0.1, -0.05) is 35.3 Å². The number of nitrogens with one attached hydrogen (secondary N) is 2. The number of fused-ring (bicyclic) bond motifs is 2. The molecule has 0 aromatic carbocycles. The van der Waals surface area contributed by atoms with Crippen molar-refractivity contribution in [1.82, 2.24) is 9.97 Å². The molecule has 0 fully saturated rings. The van der Waals surface area contributed by atoms with Crippen molar-refractivity contribution < 1.29 is 19.5 Å². The molecule has 0 spiro atoms. The number of pyridine rings is 2. The lowest BCUT2D eigenvalue weighted by Crippen LogP contribution is -2.37. The Morgan fingerprint density at radius 3 is 1.94 bits per heavy atom. The molecule has 2 aromatic rings. The molecule has 164 valence electrons. The second kappa shape index (κ2) is 10.2. The quantitative estimate of drug-likeness (QED) is 0.590. The van der Waals surface area contributed by atoms with Gasteiger partial charge in [-0.15, -0.1) is 0 Å². The number of rotatable bonds is 4. The number of aromatic nitrogens is 2. The van der Waals surface area contributed by atoms with E-state index in [1.165, 1.54) is 6.92 Å². The van der Waals surface area contributed by atoms with Gasteiger partial charge in [-0.2, -0.15) is 0 Å². The molecule has 8 nitrogen and oxygen atoms in total. The highest BCUT2D eigenvalue weighted by atomic mass is 35.5. The molecule has 4 rings (SSSR count). The molecule has 0 amide bonds. The van der Waals surface area contributed by atoms with Gasteiger partial charge >= 0.3 is 0 Å². The highest BCUT2D eigenvalue weighted by molar-refractivity contribution is 6.29. The Morgan fingerprint density at radius 1 is 0.968 bits per heavy atom. The first kappa shape index (κ1) is 23.1. The SMILES string of the molecule is CC(=O)C[C@@H]1Nc2nc(Cl)ccc2CC1=O.O=C1Cc2ccc(Cl)nc2N[C@H]1CCO. The lowest BCUT2D eigenvalue weighted by molar-refractivity contribution is -0.123. The first-order valence-electron chi connectivity index (χ1n) is 9.76. The van der Waals surface area contributed by atoms with Crippen LogP contribution in [0.4, 0.5) is 11.6 Å². The normalized spacial score (nSPS) is 19.2. The van der Waals surface area contributed by atoms with Crippen LogP contribution in [0, 0.1) is 0 Å². The van der Waals surface area contributed by atoms with Crippen molar-refractivity contribution in [3.05, 3.63) is 45.7 Å². The van der Waals surface area contributed by atoms with Crippen LogP contribution in [0.1, 0.15) is 30.9 Å². The van der Waals surface area contributed by atoms with Crippen molar-refractivity contribution in [2.45, 2.75) is 44.7 Å². The Morgan fingerprint density at radius 2 is 1.45 bits per heavy atom. The molecule has 0 radical (unpaired) electrons. The largest absolute Gasteiger partial charge is 0.396 e. The highest BCUT2D eigenvalue weighted by Crippen LogP contribution is 2.25. The molecule has 31 heavy (non-hydrogen) atoms. The second-order valence-corrected chi connectivity index (χ2v) is 8.16. The molecule has 10 heteroatoms. The number of aliphatic hydroxyl groups is 1. The van der Waals surface area contributed by atoms with E-state index in [-0.39, 0.29) is 36.4 Å². The molecule has 0 unspecified atom stereocenters. The van der Waals surface area contributed by atoms with E-state index in [2.05, 4.69) is 20.6 Å². The molecule has 2 atom stereocenters. The minimum absolute atomic E-state index is 0.0146. The van der Waals surface area contributed by atoms with Crippen molar-refractivity contribution in [3.8, 4) is 0 Å². The summed E-state index contributed by atoms with van der Waals surface area (Å²) >= 11 is 11.5. The Labute approximate surface area is 189 Å². The van der Waals surface area contributed by atoms with Gasteiger partial charge in [0.2, 0.25) is 0 Å². The number of anilines is 2. The summed E-state index contributed by atoms with van der Waals surface area (Å²) < 4.78 is 0. The van der Waals surface area contributed by atoms with E-state index in [1.54, 1.807) is 24.3 Å². The van der Waals surface area contributed by atoms with Gasteiger partial charge in [-0.05, 0) is 25.5 Å². The molecule has 3 N–H and O–H groups in total. The molecule has 2 aromatic heterocycles. The van der Waals surface area contributed by atoms with Crippen LogP contribution >= 0.6 is 23.2 Å². The maximum absolute atomic E-state index is 11.7. The number of carbonyl (C=O) groups excluding carboxylic acids is 3. The van der Waals surface area contributed by atoms with Crippen molar-refractivity contribution in [3.63, 3.8) is 0 Å². The summed E-state index contributed by atoms with van der Waals surface area (Å²) in [5, 5.41) is 15.5. The number of carbonyl (C=O) groups is 3. The summed E-state index contributed by atoms with van der Waals surface area (Å²) in [5.41, 5.74) is 1.69. The Bertz CT molecular complexity index is 1010. The van der Waals surface area contributed by atoms with Gasteiger partial charge < -0.3 is 15.7 Å². The van der Waals surface area contributed by atoms with Crippen LogP contribution in [-0.4, -0.2) is 51.1 Å². The number of hydrogen-bond acceptors (Lipinski definition) is 8. The summed E-state index contributed by atoms with van der Waals surface area (Å²) in [6.45, 7) is 1.45. The minimum atomic E-state index is -0.462. The molecule has 2 aliphatic heterocycles. The van der Waals surface area contributed by atoms with Gasteiger partial charge in [0.1, 0.15) is 27.7 Å². The van der Waals surface area contributed by atoms with E-state index in [9.17, 15) is 14.4 Å². The standard InChI is InChI=1S/C11H11ClN2O2.C10H11ClN2O2/c1-6(15)4-8-9(16)5-7-2-3-10(12)14-11(7)13-8;11-9-2-1-6-5-8(15)7(3-4-14)12-10(6)13-9/h2-3,8H,4-5H2,1H3,(H,13,14);1-2,7,14H,3-5H2,(H,12,13)/t8-;7-/m00/s1. The van der Waals surface area contributed by atoms with Crippen LogP contribution in [0.5, 0.6) is 0 Å². The topological polar surface area (TPSA) is 121 Å². The van der Waals surface area contributed by atoms with Crippen LogP contribution in [-0.2, 0) is 27.2 Å². The summed E-state index contributed by atoms with van der Waals surface area (Å²) in [4.78, 5) is 42.5. The third-order valence-corrected chi connectivity index (χ3v) is 5.35. The van der Waals surface area contributed by atoms with E-state index >= 15 is 0 Å². The highest BCUT2D eigenvalue weighted by Gasteiger charge is 2.27. The Kier molecular flexibility index (Phi) is 7.59. The predicted octanol–water partition coefficient (Wildman–Crippen LogP) is 2.64. The van der Waals surface area contributed by atoms with Gasteiger partial charge in [0.25, 0.3) is 0 Å². The molecule has 0 bridgehead atoms. The van der Waals surface area contributed by atoms with E-state index < -0.39 is 6.04 Å². The monoisotopic (exact) mass is 464 g/mol. The number of hydrogen-bond donors (Lipinski definition) is 3. The van der Waals surface area contributed by atoms with E-state index in [4.69, 9.17) is 28.3 Å². The fourth-order valence-corrected chi connectivity index (χ4v) is 3.69. The van der Waals surface area contributed by atoms with Crippen LogP contribution in [0.25, 0.3) is 0 Å². The first-order valence-corrected chi connectivity index (χ1v) is 10.5. The molecular weight excluding hydrogens is 443 g/mol. The van der Waals surface area contributed by atoms with Crippen molar-refractivity contribution in [2.24, 2.45) is 0 Å². The number of nitrogens with zero attached hydrogens (tertiary/aromatic N) is 2. The first-order chi connectivity index (χ1) is 14.8. The fraction of sp³-hybridized carbons (Fsp3) is 0.381. The smallest absolute Gasteiger partial charge is 0.160 e. The number of ketones is 3. The van der Waals surface area contributed by atoms with Crippen molar-refractivity contribution in [2.75, 3.05) is 17.2 Å². The zero-order valence-corrected chi connectivity index (χ0v) is 18.3. The van der Waals surface area contributed by atoms with Gasteiger partial charge in [-0.25, -0.2) is 9.97 Å². The van der Waals surface area contributed by atoms with Crippen molar-refractivity contribution in [1.29, 1.82) is 0 Å². The lowest BCUT2D eigenvalue weighted by Gasteiger charge is -2.24. The predicted molar refractivity (Wildman–Crippen MR) is 118 cm³/mol. The number of Topliss-reactive ketones (excluding diaryl/α,β-unsaturated/α-hetero) is 3. The maximum atomic E-state index is 11.7. The summed E-state index contributed by atoms with van der Waals surface area (Å²) in [6.07, 6.45) is 1.28.